The van der Waals surface area contributed by atoms with E-state index in [0.717, 1.165) is 22.6 Å². The lowest BCUT2D eigenvalue weighted by Gasteiger charge is -2.05. The second-order valence-electron chi connectivity index (χ2n) is 5.80. The van der Waals surface area contributed by atoms with Crippen LogP contribution in [0.3, 0.4) is 0 Å². The van der Waals surface area contributed by atoms with Gasteiger partial charge in [-0.1, -0.05) is 47.2 Å². The summed E-state index contributed by atoms with van der Waals surface area (Å²) in [6.07, 6.45) is 0.498. The molecule has 0 radical (unpaired) electrons. The molecule has 2 aromatic carbocycles. The van der Waals surface area contributed by atoms with Gasteiger partial charge in [0, 0.05) is 6.54 Å². The molecule has 0 spiro atoms. The Morgan fingerprint density at radius 1 is 1.14 bits per heavy atom. The van der Waals surface area contributed by atoms with E-state index in [4.69, 9.17) is 16.3 Å². The van der Waals surface area contributed by atoms with E-state index >= 15 is 0 Å². The molecule has 8 nitrogen and oxygen atoms in total. The molecule has 0 aliphatic carbocycles. The Morgan fingerprint density at radius 3 is 2.55 bits per heavy atom. The van der Waals surface area contributed by atoms with Gasteiger partial charge in [0.2, 0.25) is 9.47 Å². The normalized spacial score (nSPS) is 11.2. The van der Waals surface area contributed by atoms with Gasteiger partial charge in [0.1, 0.15) is 5.75 Å². The summed E-state index contributed by atoms with van der Waals surface area (Å²) in [4.78, 5) is 12.2. The molecular weight excluding hydrogens is 436 g/mol. The smallest absolute Gasteiger partial charge is 0.269 e. The first-order valence-electron chi connectivity index (χ1n) is 8.41. The first kappa shape index (κ1) is 21.2. The van der Waals surface area contributed by atoms with E-state index in [1.165, 1.54) is 0 Å². The average molecular weight is 453 g/mol. The van der Waals surface area contributed by atoms with Crippen molar-refractivity contribution in [2.45, 2.75) is 10.8 Å². The highest BCUT2D eigenvalue weighted by Crippen LogP contribution is 2.22. The molecular formula is C18H17ClN4O4S2. The van der Waals surface area contributed by atoms with Crippen LogP contribution in [0.15, 0.2) is 52.9 Å². The summed E-state index contributed by atoms with van der Waals surface area (Å²) in [7, 11) is -2.26. The fourth-order valence-electron chi connectivity index (χ4n) is 2.36. The van der Waals surface area contributed by atoms with E-state index in [-0.39, 0.29) is 26.6 Å². The zero-order valence-corrected chi connectivity index (χ0v) is 17.6. The van der Waals surface area contributed by atoms with Crippen LogP contribution in [-0.2, 0) is 16.4 Å². The van der Waals surface area contributed by atoms with Gasteiger partial charge in [0.25, 0.3) is 15.9 Å². The molecule has 11 heteroatoms. The predicted molar refractivity (Wildman–Crippen MR) is 111 cm³/mol. The Balaban J connectivity index is 1.59. The molecule has 2 N–H and O–H groups in total. The molecule has 0 saturated heterocycles. The number of hydrogen-bond donors (Lipinski definition) is 2. The lowest BCUT2D eigenvalue weighted by Crippen LogP contribution is -2.25. The number of carbonyl (C=O) groups is 1. The van der Waals surface area contributed by atoms with Crippen LogP contribution in [0.4, 0.5) is 5.13 Å². The highest BCUT2D eigenvalue weighted by molar-refractivity contribution is 7.91. The quantitative estimate of drug-likeness (QED) is 0.508. The second kappa shape index (κ2) is 9.31. The Hall–Kier alpha value is -2.53. The molecule has 0 aliphatic heterocycles. The van der Waals surface area contributed by atoms with Gasteiger partial charge in [-0.2, -0.15) is 0 Å². The van der Waals surface area contributed by atoms with Gasteiger partial charge in [-0.25, -0.2) is 13.1 Å². The number of benzene rings is 2. The maximum atomic E-state index is 12.4. The van der Waals surface area contributed by atoms with Crippen molar-refractivity contribution in [2.24, 2.45) is 0 Å². The molecule has 0 bridgehead atoms. The predicted octanol–water partition coefficient (Wildman–Crippen LogP) is 2.97. The summed E-state index contributed by atoms with van der Waals surface area (Å²) in [5, 5.41) is 10.2. The van der Waals surface area contributed by atoms with Crippen LogP contribution in [0.1, 0.15) is 15.9 Å². The van der Waals surface area contributed by atoms with Crippen LogP contribution in [-0.4, -0.2) is 38.2 Å². The van der Waals surface area contributed by atoms with Crippen molar-refractivity contribution in [2.75, 3.05) is 19.0 Å². The number of anilines is 1. The van der Waals surface area contributed by atoms with Gasteiger partial charge in [-0.05, 0) is 36.2 Å². The minimum Gasteiger partial charge on any atom is -0.497 e. The lowest BCUT2D eigenvalue weighted by molar-refractivity contribution is 0.102. The molecule has 0 atom stereocenters. The first-order valence-corrected chi connectivity index (χ1v) is 11.1. The van der Waals surface area contributed by atoms with Gasteiger partial charge in [0.15, 0.2) is 0 Å². The Bertz CT molecular complexity index is 1100. The molecule has 0 aliphatic rings. The zero-order valence-electron chi connectivity index (χ0n) is 15.3. The summed E-state index contributed by atoms with van der Waals surface area (Å²) in [5.74, 6) is 0.234. The Kier molecular flexibility index (Phi) is 6.80. The van der Waals surface area contributed by atoms with Gasteiger partial charge in [0.05, 0.1) is 17.7 Å². The van der Waals surface area contributed by atoms with E-state index < -0.39 is 15.9 Å². The second-order valence-corrected chi connectivity index (χ2v) is 9.13. The number of nitrogens with one attached hydrogen (secondary N) is 2. The largest absolute Gasteiger partial charge is 0.497 e. The first-order chi connectivity index (χ1) is 13.9. The third-order valence-corrected chi connectivity index (χ3v) is 6.84. The van der Waals surface area contributed by atoms with Crippen molar-refractivity contribution in [3.8, 4) is 5.75 Å². The van der Waals surface area contributed by atoms with E-state index in [0.29, 0.717) is 6.42 Å². The number of rotatable bonds is 8. The number of carbonyl (C=O) groups excluding carboxylic acids is 1. The molecule has 1 aromatic heterocycles. The number of ether oxygens (including phenoxy) is 1. The van der Waals surface area contributed by atoms with Gasteiger partial charge < -0.3 is 4.74 Å². The molecule has 3 rings (SSSR count). The fraction of sp³-hybridized carbons (Fsp3) is 0.167. The van der Waals surface area contributed by atoms with Crippen LogP contribution < -0.4 is 14.8 Å². The molecule has 0 saturated carbocycles. The summed E-state index contributed by atoms with van der Waals surface area (Å²) in [6, 6.07) is 13.8. The van der Waals surface area contributed by atoms with Gasteiger partial charge >= 0.3 is 0 Å². The van der Waals surface area contributed by atoms with Crippen LogP contribution in [0.5, 0.6) is 5.75 Å². The third kappa shape index (κ3) is 5.51. The highest BCUT2D eigenvalue weighted by Gasteiger charge is 2.21. The minimum atomic E-state index is -3.84. The summed E-state index contributed by atoms with van der Waals surface area (Å²) < 4.78 is 32.1. The summed E-state index contributed by atoms with van der Waals surface area (Å²) >= 11 is 6.74. The zero-order chi connectivity index (χ0) is 20.9. The molecule has 152 valence electrons. The minimum absolute atomic E-state index is 0.0606. The molecule has 0 fully saturated rings. The van der Waals surface area contributed by atoms with Crippen LogP contribution >= 0.6 is 22.9 Å². The Morgan fingerprint density at radius 2 is 1.86 bits per heavy atom. The maximum absolute atomic E-state index is 12.4. The fourth-order valence-corrected chi connectivity index (χ4v) is 4.55. The van der Waals surface area contributed by atoms with Gasteiger partial charge in [-0.15, -0.1) is 10.2 Å². The topological polar surface area (TPSA) is 110 Å². The monoisotopic (exact) mass is 452 g/mol. The number of nitrogens with zero attached hydrogens (tertiary/aromatic N) is 2. The Labute approximate surface area is 176 Å². The molecule has 3 aromatic rings. The van der Waals surface area contributed by atoms with Crippen molar-refractivity contribution in [3.05, 3.63) is 64.7 Å². The van der Waals surface area contributed by atoms with Crippen molar-refractivity contribution in [1.29, 1.82) is 0 Å². The number of methoxy groups -OCH3 is 1. The van der Waals surface area contributed by atoms with Crippen molar-refractivity contribution in [1.82, 2.24) is 14.9 Å². The average Bonchev–Trinajstić information content (AvgIpc) is 3.18. The maximum Gasteiger partial charge on any atom is 0.269 e. The summed E-state index contributed by atoms with van der Waals surface area (Å²) in [6.45, 7) is 0.190. The summed E-state index contributed by atoms with van der Waals surface area (Å²) in [5.41, 5.74) is 1.21. The van der Waals surface area contributed by atoms with Crippen LogP contribution in [0, 0.1) is 0 Å². The van der Waals surface area contributed by atoms with E-state index in [1.54, 1.807) is 31.4 Å². The molecule has 1 amide bonds. The number of amides is 1. The van der Waals surface area contributed by atoms with Gasteiger partial charge in [-0.3, -0.25) is 10.1 Å². The number of aromatic nitrogens is 2. The van der Waals surface area contributed by atoms with Crippen LogP contribution in [0.2, 0.25) is 5.02 Å². The van der Waals surface area contributed by atoms with E-state index in [1.807, 2.05) is 24.3 Å². The standard InChI is InChI=1S/C18H17ClN4O4S2/c1-27-13-8-6-12(7-9-13)10-11-20-29(25,26)18-23-22-17(28-18)21-16(24)14-4-2-3-5-15(14)19/h2-9,20H,10-11H2,1H3,(H,21,22,24). The molecule has 1 heterocycles. The number of halogens is 1. The molecule has 0 unspecified atom stereocenters. The lowest BCUT2D eigenvalue weighted by atomic mass is 10.1. The highest BCUT2D eigenvalue weighted by atomic mass is 35.5. The number of sulfonamides is 1. The van der Waals surface area contributed by atoms with E-state index in [9.17, 15) is 13.2 Å². The van der Waals surface area contributed by atoms with Crippen molar-refractivity contribution >= 4 is 44.0 Å². The van der Waals surface area contributed by atoms with E-state index in [2.05, 4.69) is 20.2 Å². The molecule has 29 heavy (non-hydrogen) atoms. The third-order valence-electron chi connectivity index (χ3n) is 3.84. The van der Waals surface area contributed by atoms with Crippen LogP contribution in [0.25, 0.3) is 0 Å². The van der Waals surface area contributed by atoms with Crippen molar-refractivity contribution in [3.63, 3.8) is 0 Å². The number of hydrogen-bond acceptors (Lipinski definition) is 7. The van der Waals surface area contributed by atoms with Crippen molar-refractivity contribution < 1.29 is 17.9 Å². The SMILES string of the molecule is COc1ccc(CCNS(=O)(=O)c2nnc(NC(=O)c3ccccc3Cl)s2)cc1.